The Bertz CT molecular complexity index is 1830. The number of fused-ring (bicyclic) bond motifs is 1. The summed E-state index contributed by atoms with van der Waals surface area (Å²) in [6.45, 7) is 8.84. The molecule has 15 heteroatoms. The number of alkyl halides is 2. The lowest BCUT2D eigenvalue weighted by Gasteiger charge is -2.38. The molecule has 3 atom stereocenters. The van der Waals surface area contributed by atoms with Gasteiger partial charge in [-0.1, -0.05) is 63.1 Å². The second-order valence-electron chi connectivity index (χ2n) is 14.9. The molecule has 2 aromatic carbocycles. The van der Waals surface area contributed by atoms with Crippen molar-refractivity contribution in [2.24, 2.45) is 11.8 Å². The van der Waals surface area contributed by atoms with Crippen LogP contribution in [0.3, 0.4) is 0 Å². The third-order valence-corrected chi connectivity index (χ3v) is 13.5. The number of halogens is 2. The summed E-state index contributed by atoms with van der Waals surface area (Å²) < 4.78 is 47.0. The van der Waals surface area contributed by atoms with Crippen LogP contribution in [-0.2, 0) is 24.6 Å². The van der Waals surface area contributed by atoms with E-state index in [2.05, 4.69) is 24.1 Å². The molecule has 0 saturated carbocycles. The Hall–Kier alpha value is -3.26. The van der Waals surface area contributed by atoms with Crippen molar-refractivity contribution < 1.29 is 42.3 Å². The SMILES string of the molecule is CCC(CC)CN1CCC(C[C@H](NC(=O)c2cc3cc(C(F)(F)P(=O)(O)O)ccc3s2)C(=O)N2CCC[C@H]2C(=O)N2CCO[C@H](c3ccccc3)C2)CC1. The van der Waals surface area contributed by atoms with Gasteiger partial charge in [0.2, 0.25) is 11.8 Å². The highest BCUT2D eigenvalue weighted by Crippen LogP contribution is 2.59. The Kier molecular flexibility index (Phi) is 12.9. The number of morpholine rings is 1. The van der Waals surface area contributed by atoms with Gasteiger partial charge in [-0.15, -0.1) is 11.3 Å². The van der Waals surface area contributed by atoms with Gasteiger partial charge in [0.25, 0.3) is 5.91 Å². The van der Waals surface area contributed by atoms with Crippen LogP contribution in [-0.4, -0.2) is 100 Å². The fraction of sp³-hybridized carbons (Fsp3) is 0.564. The third-order valence-electron chi connectivity index (χ3n) is 11.4. The van der Waals surface area contributed by atoms with E-state index in [0.717, 1.165) is 74.4 Å². The molecule has 0 bridgehead atoms. The Morgan fingerprint density at radius 3 is 2.41 bits per heavy atom. The number of benzene rings is 2. The van der Waals surface area contributed by atoms with Gasteiger partial charge in [-0.3, -0.25) is 18.9 Å². The molecule has 11 nitrogen and oxygen atoms in total. The number of carbonyl (C=O) groups is 3. The van der Waals surface area contributed by atoms with E-state index in [9.17, 15) is 37.5 Å². The van der Waals surface area contributed by atoms with Crippen molar-refractivity contribution in [1.82, 2.24) is 20.0 Å². The number of nitrogens with zero attached hydrogens (tertiary/aromatic N) is 3. The second-order valence-corrected chi connectivity index (χ2v) is 17.6. The van der Waals surface area contributed by atoms with Crippen molar-refractivity contribution >= 4 is 46.7 Å². The minimum atomic E-state index is -5.78. The standard InChI is InChI=1S/C39H51F2N4O7PS/c1-3-26(4-2)24-43-17-14-27(15-18-43)21-31(42-36(46)35-23-29-22-30(12-13-34(29)54-35)39(40,41)53(49,50)51)37(47)45-16-8-11-32(45)38(48)44-19-20-52-33(25-44)28-9-6-5-7-10-28/h5-7,9-10,12-13,22-23,26-27,31-33H,3-4,8,11,14-21,24-25H2,1-2H3,(H,42,46)(H2,49,50,51)/t31-,32-,33-/m0/s1. The molecule has 54 heavy (non-hydrogen) atoms. The molecule has 3 aliphatic heterocycles. The monoisotopic (exact) mass is 788 g/mol. The van der Waals surface area contributed by atoms with Crippen LogP contribution in [0.1, 0.15) is 85.7 Å². The van der Waals surface area contributed by atoms with Crippen molar-refractivity contribution in [2.45, 2.75) is 82.6 Å². The predicted octanol–water partition coefficient (Wildman–Crippen LogP) is 6.36. The fourth-order valence-corrected chi connectivity index (χ4v) is 9.45. The number of ether oxygens (including phenoxy) is 1. The minimum absolute atomic E-state index is 0.128. The average molecular weight is 789 g/mol. The fourth-order valence-electron chi connectivity index (χ4n) is 8.03. The number of thiophene rings is 1. The molecule has 3 aliphatic rings. The first-order chi connectivity index (χ1) is 25.8. The summed E-state index contributed by atoms with van der Waals surface area (Å²) in [4.78, 5) is 67.0. The number of piperidine rings is 1. The van der Waals surface area contributed by atoms with Gasteiger partial charge in [-0.2, -0.15) is 8.78 Å². The molecule has 1 aromatic heterocycles. The molecule has 4 heterocycles. The van der Waals surface area contributed by atoms with Gasteiger partial charge in [0.15, 0.2) is 0 Å². The highest BCUT2D eigenvalue weighted by molar-refractivity contribution is 7.52. The van der Waals surface area contributed by atoms with Gasteiger partial charge in [-0.05, 0) is 86.2 Å². The minimum Gasteiger partial charge on any atom is -0.370 e. The number of likely N-dealkylation sites (tertiary alicyclic amines) is 2. The highest BCUT2D eigenvalue weighted by atomic mass is 32.1. The Morgan fingerprint density at radius 2 is 1.72 bits per heavy atom. The summed E-state index contributed by atoms with van der Waals surface area (Å²) in [6, 6.07) is 12.8. The van der Waals surface area contributed by atoms with Crippen LogP contribution in [0.5, 0.6) is 0 Å². The molecule has 3 fully saturated rings. The number of nitrogens with one attached hydrogen (secondary N) is 1. The van der Waals surface area contributed by atoms with Crippen LogP contribution < -0.4 is 5.32 Å². The summed E-state index contributed by atoms with van der Waals surface area (Å²) in [5, 5.41) is 3.20. The molecule has 0 unspecified atom stereocenters. The van der Waals surface area contributed by atoms with Crippen LogP contribution in [0.25, 0.3) is 10.1 Å². The summed E-state index contributed by atoms with van der Waals surface area (Å²) in [7, 11) is -5.78. The van der Waals surface area contributed by atoms with Crippen molar-refractivity contribution in [3.05, 3.63) is 70.6 Å². The summed E-state index contributed by atoms with van der Waals surface area (Å²) >= 11 is 1.04. The van der Waals surface area contributed by atoms with Gasteiger partial charge >= 0.3 is 13.3 Å². The van der Waals surface area contributed by atoms with Crippen LogP contribution in [0.15, 0.2) is 54.6 Å². The largest absolute Gasteiger partial charge is 0.399 e. The van der Waals surface area contributed by atoms with Crippen LogP contribution >= 0.6 is 18.9 Å². The predicted molar refractivity (Wildman–Crippen MR) is 203 cm³/mol. The number of carbonyl (C=O) groups excluding carboxylic acids is 3. The number of amides is 3. The van der Waals surface area contributed by atoms with Gasteiger partial charge in [0, 0.05) is 29.9 Å². The number of rotatable bonds is 13. The maximum atomic E-state index is 14.5. The molecular formula is C39H51F2N4O7PS. The maximum Gasteiger partial charge on any atom is 0.399 e. The first kappa shape index (κ1) is 40.4. The quantitative estimate of drug-likeness (QED) is 0.170. The molecule has 294 valence electrons. The van der Waals surface area contributed by atoms with E-state index < -0.39 is 36.8 Å². The molecule has 3 aromatic rings. The zero-order chi connectivity index (χ0) is 38.6. The molecule has 3 N–H and O–H groups in total. The van der Waals surface area contributed by atoms with E-state index in [1.54, 1.807) is 9.80 Å². The van der Waals surface area contributed by atoms with Crippen molar-refractivity contribution in [1.29, 1.82) is 0 Å². The maximum absolute atomic E-state index is 14.5. The van der Waals surface area contributed by atoms with Gasteiger partial charge in [0.05, 0.1) is 18.0 Å². The van der Waals surface area contributed by atoms with E-state index in [1.807, 2.05) is 30.3 Å². The average Bonchev–Trinajstić information content (AvgIpc) is 3.85. The second kappa shape index (κ2) is 17.3. The molecular weight excluding hydrogens is 737 g/mol. The Labute approximate surface area is 319 Å². The molecule has 0 aliphatic carbocycles. The van der Waals surface area contributed by atoms with Gasteiger partial charge < -0.3 is 34.5 Å². The van der Waals surface area contributed by atoms with E-state index >= 15 is 0 Å². The number of hydrogen-bond acceptors (Lipinski definition) is 7. The van der Waals surface area contributed by atoms with Crippen molar-refractivity contribution in [2.75, 3.05) is 45.9 Å². The van der Waals surface area contributed by atoms with Crippen LogP contribution in [0.2, 0.25) is 0 Å². The van der Waals surface area contributed by atoms with E-state index in [-0.39, 0.29) is 34.1 Å². The lowest BCUT2D eigenvalue weighted by atomic mass is 9.88. The van der Waals surface area contributed by atoms with Crippen molar-refractivity contribution in [3.8, 4) is 0 Å². The van der Waals surface area contributed by atoms with Gasteiger partial charge in [0.1, 0.15) is 18.2 Å². The zero-order valence-electron chi connectivity index (χ0n) is 30.9. The number of hydrogen-bond donors (Lipinski definition) is 3. The normalized spacial score (nSPS) is 21.2. The molecule has 0 radical (unpaired) electrons. The first-order valence-corrected chi connectivity index (χ1v) is 21.5. The topological polar surface area (TPSA) is 140 Å². The van der Waals surface area contributed by atoms with Crippen LogP contribution in [0.4, 0.5) is 8.78 Å². The van der Waals surface area contributed by atoms with E-state index in [1.165, 1.54) is 12.1 Å². The Balaban J connectivity index is 1.20. The lowest BCUT2D eigenvalue weighted by molar-refractivity contribution is -0.149. The summed E-state index contributed by atoms with van der Waals surface area (Å²) in [5.74, 6) is -0.187. The van der Waals surface area contributed by atoms with Gasteiger partial charge in [-0.25, -0.2) is 0 Å². The molecule has 0 spiro atoms. The Morgan fingerprint density at radius 1 is 1.00 bits per heavy atom. The van der Waals surface area contributed by atoms with E-state index in [0.29, 0.717) is 56.1 Å². The summed E-state index contributed by atoms with van der Waals surface area (Å²) in [6.07, 6.45) is 5.30. The molecule has 6 rings (SSSR count). The zero-order valence-corrected chi connectivity index (χ0v) is 32.6. The first-order valence-electron chi connectivity index (χ1n) is 19.1. The van der Waals surface area contributed by atoms with Crippen LogP contribution in [0, 0.1) is 11.8 Å². The summed E-state index contributed by atoms with van der Waals surface area (Å²) in [5.41, 5.74) is -4.26. The van der Waals surface area contributed by atoms with Crippen molar-refractivity contribution in [3.63, 3.8) is 0 Å². The smallest absolute Gasteiger partial charge is 0.370 e. The van der Waals surface area contributed by atoms with E-state index in [4.69, 9.17) is 4.74 Å². The lowest BCUT2D eigenvalue weighted by Crippen LogP contribution is -2.56. The molecule has 3 saturated heterocycles. The molecule has 3 amide bonds. The third kappa shape index (κ3) is 9.06. The highest BCUT2D eigenvalue weighted by Gasteiger charge is 2.50.